The number of halogens is 1. The highest BCUT2D eigenvalue weighted by Crippen LogP contribution is 2.32. The van der Waals surface area contributed by atoms with E-state index in [9.17, 15) is 4.79 Å². The van der Waals surface area contributed by atoms with Crippen LogP contribution in [0.25, 0.3) is 0 Å². The minimum absolute atomic E-state index is 0.116. The lowest BCUT2D eigenvalue weighted by atomic mass is 10.2. The van der Waals surface area contributed by atoms with Crippen LogP contribution >= 0.6 is 11.6 Å². The van der Waals surface area contributed by atoms with E-state index >= 15 is 0 Å². The number of methoxy groups -OCH3 is 1. The van der Waals surface area contributed by atoms with Gasteiger partial charge in [0, 0.05) is 10.7 Å². The monoisotopic (exact) mass is 225 g/mol. The van der Waals surface area contributed by atoms with Crippen molar-refractivity contribution in [3.8, 4) is 0 Å². The fraction of sp³-hybridized carbons (Fsp3) is 0.364. The molecule has 1 unspecified atom stereocenters. The van der Waals surface area contributed by atoms with Gasteiger partial charge in [-0.15, -0.1) is 0 Å². The number of carbonyl (C=O) groups is 1. The smallest absolute Gasteiger partial charge is 0.330 e. The number of hydrogen-bond donors (Lipinski definition) is 0. The highest BCUT2D eigenvalue weighted by Gasteiger charge is 2.42. The zero-order valence-electron chi connectivity index (χ0n) is 8.66. The van der Waals surface area contributed by atoms with Crippen LogP contribution in [-0.4, -0.2) is 25.7 Å². The van der Waals surface area contributed by atoms with Gasteiger partial charge in [0.1, 0.15) is 6.04 Å². The second kappa shape index (κ2) is 3.74. The molecule has 1 aliphatic heterocycles. The van der Waals surface area contributed by atoms with E-state index in [1.54, 1.807) is 0 Å². The van der Waals surface area contributed by atoms with Crippen LogP contribution in [0.4, 0.5) is 5.69 Å². The molecule has 3 nitrogen and oxygen atoms in total. The Kier molecular flexibility index (Phi) is 2.57. The molecule has 0 bridgehead atoms. The highest BCUT2D eigenvalue weighted by molar-refractivity contribution is 6.30. The summed E-state index contributed by atoms with van der Waals surface area (Å²) in [5.74, 6) is -0.177. The van der Waals surface area contributed by atoms with E-state index in [0.717, 1.165) is 17.8 Å². The number of carbonyl (C=O) groups excluding carboxylic acids is 1. The van der Waals surface area contributed by atoms with Crippen molar-refractivity contribution in [2.45, 2.75) is 13.0 Å². The average molecular weight is 226 g/mol. The first-order valence-corrected chi connectivity index (χ1v) is 5.12. The van der Waals surface area contributed by atoms with Crippen molar-refractivity contribution in [3.05, 3.63) is 28.8 Å². The summed E-state index contributed by atoms with van der Waals surface area (Å²) in [6.07, 6.45) is 0. The van der Waals surface area contributed by atoms with Gasteiger partial charge in [-0.1, -0.05) is 11.6 Å². The number of hydrogen-bond acceptors (Lipinski definition) is 3. The third-order valence-electron chi connectivity index (χ3n) is 2.55. The zero-order valence-corrected chi connectivity index (χ0v) is 9.41. The van der Waals surface area contributed by atoms with E-state index in [4.69, 9.17) is 11.6 Å². The summed E-state index contributed by atoms with van der Waals surface area (Å²) in [5, 5.41) is 0.715. The second-order valence-corrected chi connectivity index (χ2v) is 4.06. The Balaban J connectivity index is 2.16. The molecule has 0 amide bonds. The molecule has 0 saturated carbocycles. The van der Waals surface area contributed by atoms with Gasteiger partial charge in [-0.2, -0.15) is 0 Å². The Hall–Kier alpha value is -1.22. The van der Waals surface area contributed by atoms with E-state index in [2.05, 4.69) is 4.74 Å². The van der Waals surface area contributed by atoms with Gasteiger partial charge in [0.2, 0.25) is 0 Å². The van der Waals surface area contributed by atoms with Crippen LogP contribution in [0.1, 0.15) is 5.56 Å². The standard InChI is InChI=1S/C11H12ClNO2/c1-7-5-8(12)3-4-9(7)13-6-10(13)11(14)15-2/h3-5,10H,6H2,1-2H3. The predicted octanol–water partition coefficient (Wildman–Crippen LogP) is 2.01. The number of esters is 1. The molecule has 1 aromatic rings. The van der Waals surface area contributed by atoms with E-state index in [-0.39, 0.29) is 12.0 Å². The van der Waals surface area contributed by atoms with Gasteiger partial charge in [0.05, 0.1) is 13.7 Å². The van der Waals surface area contributed by atoms with Gasteiger partial charge in [-0.3, -0.25) is 0 Å². The molecule has 1 aromatic carbocycles. The largest absolute Gasteiger partial charge is 0.467 e. The molecule has 0 radical (unpaired) electrons. The van der Waals surface area contributed by atoms with Crippen LogP contribution in [0.5, 0.6) is 0 Å². The van der Waals surface area contributed by atoms with E-state index in [1.165, 1.54) is 7.11 Å². The van der Waals surface area contributed by atoms with E-state index in [0.29, 0.717) is 5.02 Å². The Labute approximate surface area is 93.6 Å². The lowest BCUT2D eigenvalue weighted by Gasteiger charge is -2.08. The van der Waals surface area contributed by atoms with Crippen molar-refractivity contribution >= 4 is 23.3 Å². The van der Waals surface area contributed by atoms with Crippen LogP contribution in [0.3, 0.4) is 0 Å². The number of nitrogens with zero attached hydrogens (tertiary/aromatic N) is 1. The fourth-order valence-corrected chi connectivity index (χ4v) is 1.91. The van der Waals surface area contributed by atoms with Crippen LogP contribution in [0, 0.1) is 6.92 Å². The third kappa shape index (κ3) is 1.92. The molecule has 0 aliphatic carbocycles. The molecule has 1 saturated heterocycles. The molecule has 2 rings (SSSR count). The molecule has 0 aromatic heterocycles. The average Bonchev–Trinajstić information content (AvgIpc) is 2.96. The molecular formula is C11H12ClNO2. The Morgan fingerprint density at radius 2 is 2.33 bits per heavy atom. The minimum Gasteiger partial charge on any atom is -0.467 e. The summed E-state index contributed by atoms with van der Waals surface area (Å²) in [6, 6.07) is 5.54. The Morgan fingerprint density at radius 3 is 2.93 bits per heavy atom. The highest BCUT2D eigenvalue weighted by atomic mass is 35.5. The fourth-order valence-electron chi connectivity index (χ4n) is 1.68. The predicted molar refractivity (Wildman–Crippen MR) is 59.3 cm³/mol. The Morgan fingerprint density at radius 1 is 1.60 bits per heavy atom. The number of anilines is 1. The van der Waals surface area contributed by atoms with E-state index in [1.807, 2.05) is 30.0 Å². The zero-order chi connectivity index (χ0) is 11.0. The summed E-state index contributed by atoms with van der Waals surface area (Å²) < 4.78 is 4.68. The summed E-state index contributed by atoms with van der Waals surface area (Å²) in [7, 11) is 1.41. The van der Waals surface area contributed by atoms with Crippen molar-refractivity contribution in [2.24, 2.45) is 0 Å². The molecule has 80 valence electrons. The molecule has 0 N–H and O–H groups in total. The van der Waals surface area contributed by atoms with Crippen molar-refractivity contribution < 1.29 is 9.53 Å². The van der Waals surface area contributed by atoms with E-state index < -0.39 is 0 Å². The van der Waals surface area contributed by atoms with Crippen molar-refractivity contribution in [2.75, 3.05) is 18.6 Å². The van der Waals surface area contributed by atoms with Crippen LogP contribution in [0.15, 0.2) is 18.2 Å². The first kappa shape index (κ1) is 10.3. The molecule has 1 heterocycles. The maximum Gasteiger partial charge on any atom is 0.330 e. The van der Waals surface area contributed by atoms with Crippen LogP contribution in [0.2, 0.25) is 5.02 Å². The summed E-state index contributed by atoms with van der Waals surface area (Å²) in [5.41, 5.74) is 2.13. The topological polar surface area (TPSA) is 29.3 Å². The minimum atomic E-state index is -0.177. The molecule has 15 heavy (non-hydrogen) atoms. The van der Waals surface area contributed by atoms with Gasteiger partial charge in [-0.25, -0.2) is 4.79 Å². The van der Waals surface area contributed by atoms with Gasteiger partial charge in [-0.05, 0) is 30.7 Å². The van der Waals surface area contributed by atoms with Crippen LogP contribution in [-0.2, 0) is 9.53 Å². The molecule has 0 spiro atoms. The third-order valence-corrected chi connectivity index (χ3v) is 2.79. The number of rotatable bonds is 2. The second-order valence-electron chi connectivity index (χ2n) is 3.62. The Bertz CT molecular complexity index is 406. The first-order valence-electron chi connectivity index (χ1n) is 4.74. The van der Waals surface area contributed by atoms with Crippen molar-refractivity contribution in [3.63, 3.8) is 0 Å². The maximum absolute atomic E-state index is 11.2. The summed E-state index contributed by atoms with van der Waals surface area (Å²) in [4.78, 5) is 13.2. The van der Waals surface area contributed by atoms with Gasteiger partial charge in [0.15, 0.2) is 0 Å². The molecule has 4 heteroatoms. The van der Waals surface area contributed by atoms with Gasteiger partial charge >= 0.3 is 5.97 Å². The van der Waals surface area contributed by atoms with Crippen molar-refractivity contribution in [1.82, 2.24) is 0 Å². The number of benzene rings is 1. The van der Waals surface area contributed by atoms with Gasteiger partial charge in [0.25, 0.3) is 0 Å². The normalized spacial score (nSPS) is 18.9. The first-order chi connectivity index (χ1) is 7.13. The summed E-state index contributed by atoms with van der Waals surface area (Å²) in [6.45, 7) is 2.71. The van der Waals surface area contributed by atoms with Gasteiger partial charge < -0.3 is 9.64 Å². The SMILES string of the molecule is COC(=O)C1CN1c1ccc(Cl)cc1C. The maximum atomic E-state index is 11.2. The van der Waals surface area contributed by atoms with Crippen LogP contribution < -0.4 is 4.90 Å². The number of ether oxygens (including phenoxy) is 1. The molecule has 1 atom stereocenters. The molecular weight excluding hydrogens is 214 g/mol. The lowest BCUT2D eigenvalue weighted by Crippen LogP contribution is -2.14. The lowest BCUT2D eigenvalue weighted by molar-refractivity contribution is -0.139. The quantitative estimate of drug-likeness (QED) is 0.570. The summed E-state index contributed by atoms with van der Waals surface area (Å²) >= 11 is 5.86. The van der Waals surface area contributed by atoms with Crippen molar-refractivity contribution in [1.29, 1.82) is 0 Å². The molecule has 1 aliphatic rings. The number of aryl methyl sites for hydroxylation is 1. The molecule has 1 fully saturated rings.